The van der Waals surface area contributed by atoms with E-state index in [0.717, 1.165) is 0 Å². The van der Waals surface area contributed by atoms with Gasteiger partial charge in [0.15, 0.2) is 9.84 Å². The number of aryl methyl sites for hydroxylation is 1. The first-order valence-electron chi connectivity index (χ1n) is 4.62. The zero-order valence-corrected chi connectivity index (χ0v) is 9.35. The highest BCUT2D eigenvalue weighted by molar-refractivity contribution is 7.91. The van der Waals surface area contributed by atoms with Crippen molar-refractivity contribution in [3.8, 4) is 0 Å². The molecule has 15 heavy (non-hydrogen) atoms. The summed E-state index contributed by atoms with van der Waals surface area (Å²) in [7, 11) is -3.37. The van der Waals surface area contributed by atoms with E-state index in [-0.39, 0.29) is 17.1 Å². The van der Waals surface area contributed by atoms with Crippen LogP contribution < -0.4 is 5.73 Å². The van der Waals surface area contributed by atoms with Gasteiger partial charge in [-0.25, -0.2) is 8.42 Å². The molecule has 0 saturated carbocycles. The third-order valence-corrected chi connectivity index (χ3v) is 4.04. The van der Waals surface area contributed by atoms with Crippen molar-refractivity contribution in [2.75, 3.05) is 18.2 Å². The summed E-state index contributed by atoms with van der Waals surface area (Å²) in [6.07, 6.45) is 0.0339. The van der Waals surface area contributed by atoms with Crippen LogP contribution in [0, 0.1) is 6.92 Å². The Bertz CT molecular complexity index is 443. The van der Waals surface area contributed by atoms with Crippen LogP contribution in [-0.4, -0.2) is 20.8 Å². The molecule has 0 aliphatic heterocycles. The smallest absolute Gasteiger partial charge is 0.178 e. The van der Waals surface area contributed by atoms with Crippen LogP contribution in [0.15, 0.2) is 23.1 Å². The molecule has 1 rings (SSSR count). The van der Waals surface area contributed by atoms with Gasteiger partial charge in [-0.2, -0.15) is 0 Å². The van der Waals surface area contributed by atoms with Gasteiger partial charge in [-0.05, 0) is 37.1 Å². The van der Waals surface area contributed by atoms with Gasteiger partial charge in [0.2, 0.25) is 0 Å². The van der Waals surface area contributed by atoms with E-state index in [9.17, 15) is 12.8 Å². The largest absolute Gasteiger partial charge is 0.399 e. The third kappa shape index (κ3) is 2.92. The molecule has 0 bridgehead atoms. The molecular formula is C10H14FNO2S. The van der Waals surface area contributed by atoms with Crippen molar-refractivity contribution in [1.29, 1.82) is 0 Å². The average Bonchev–Trinajstić information content (AvgIpc) is 2.14. The van der Waals surface area contributed by atoms with Gasteiger partial charge in [0.25, 0.3) is 0 Å². The fourth-order valence-corrected chi connectivity index (χ4v) is 2.91. The molecular weight excluding hydrogens is 217 g/mol. The van der Waals surface area contributed by atoms with Gasteiger partial charge in [-0.15, -0.1) is 0 Å². The molecule has 0 radical (unpaired) electrons. The number of nitrogens with two attached hydrogens (primary N) is 1. The standard InChI is InChI=1S/C10H14FNO2S/c1-8-7-9(12)3-4-10(8)15(13,14)6-2-5-11/h3-4,7H,2,5-6,12H2,1H3. The lowest BCUT2D eigenvalue weighted by Crippen LogP contribution is -2.09. The number of alkyl halides is 1. The van der Waals surface area contributed by atoms with Crippen LogP contribution in [0.2, 0.25) is 0 Å². The van der Waals surface area contributed by atoms with Crippen LogP contribution >= 0.6 is 0 Å². The summed E-state index contributed by atoms with van der Waals surface area (Å²) in [5.74, 6) is -0.158. The predicted octanol–water partition coefficient (Wildman–Crippen LogP) is 1.71. The van der Waals surface area contributed by atoms with E-state index in [4.69, 9.17) is 5.73 Å². The molecule has 0 unspecified atom stereocenters. The highest BCUT2D eigenvalue weighted by atomic mass is 32.2. The van der Waals surface area contributed by atoms with E-state index in [1.807, 2.05) is 0 Å². The van der Waals surface area contributed by atoms with Crippen molar-refractivity contribution in [3.05, 3.63) is 23.8 Å². The summed E-state index contributed by atoms with van der Waals surface area (Å²) in [5, 5.41) is 0. The molecule has 0 fully saturated rings. The molecule has 3 nitrogen and oxygen atoms in total. The van der Waals surface area contributed by atoms with Crippen LogP contribution in [0.1, 0.15) is 12.0 Å². The maximum atomic E-state index is 11.9. The van der Waals surface area contributed by atoms with E-state index >= 15 is 0 Å². The van der Waals surface area contributed by atoms with Crippen molar-refractivity contribution in [3.63, 3.8) is 0 Å². The quantitative estimate of drug-likeness (QED) is 0.802. The van der Waals surface area contributed by atoms with Crippen LogP contribution in [-0.2, 0) is 9.84 Å². The molecule has 0 aliphatic rings. The van der Waals surface area contributed by atoms with Gasteiger partial charge in [0.1, 0.15) is 0 Å². The molecule has 2 N–H and O–H groups in total. The fraction of sp³-hybridized carbons (Fsp3) is 0.400. The number of nitrogen functional groups attached to an aromatic ring is 1. The lowest BCUT2D eigenvalue weighted by Gasteiger charge is -2.07. The van der Waals surface area contributed by atoms with Crippen LogP contribution in [0.3, 0.4) is 0 Å². The van der Waals surface area contributed by atoms with E-state index in [1.165, 1.54) is 12.1 Å². The number of sulfone groups is 1. The Kier molecular flexibility index (Phi) is 3.68. The first-order valence-corrected chi connectivity index (χ1v) is 6.27. The van der Waals surface area contributed by atoms with Crippen molar-refractivity contribution in [2.24, 2.45) is 0 Å². The number of benzene rings is 1. The van der Waals surface area contributed by atoms with E-state index < -0.39 is 16.5 Å². The SMILES string of the molecule is Cc1cc(N)ccc1S(=O)(=O)CCCF. The number of rotatable bonds is 4. The highest BCUT2D eigenvalue weighted by Crippen LogP contribution is 2.19. The Hall–Kier alpha value is -1.10. The van der Waals surface area contributed by atoms with Gasteiger partial charge in [0, 0.05) is 5.69 Å². The van der Waals surface area contributed by atoms with Crippen LogP contribution in [0.25, 0.3) is 0 Å². The maximum Gasteiger partial charge on any atom is 0.178 e. The molecule has 0 spiro atoms. The lowest BCUT2D eigenvalue weighted by atomic mass is 10.2. The van der Waals surface area contributed by atoms with E-state index in [1.54, 1.807) is 13.0 Å². The number of hydrogen-bond donors (Lipinski definition) is 1. The summed E-state index contributed by atoms with van der Waals surface area (Å²) in [4.78, 5) is 0.241. The van der Waals surface area contributed by atoms with E-state index in [0.29, 0.717) is 11.3 Å². The second-order valence-electron chi connectivity index (χ2n) is 3.39. The van der Waals surface area contributed by atoms with Crippen LogP contribution in [0.4, 0.5) is 10.1 Å². The summed E-state index contributed by atoms with van der Waals surface area (Å²) in [6, 6.07) is 4.61. The molecule has 84 valence electrons. The lowest BCUT2D eigenvalue weighted by molar-refractivity contribution is 0.484. The zero-order valence-electron chi connectivity index (χ0n) is 8.53. The number of hydrogen-bond acceptors (Lipinski definition) is 3. The van der Waals surface area contributed by atoms with Gasteiger partial charge >= 0.3 is 0 Å². The Labute approximate surface area is 89.0 Å². The first kappa shape index (κ1) is 12.0. The van der Waals surface area contributed by atoms with Gasteiger partial charge in [-0.1, -0.05) is 0 Å². The van der Waals surface area contributed by atoms with Crippen LogP contribution in [0.5, 0.6) is 0 Å². The number of halogens is 1. The molecule has 1 aromatic rings. The normalized spacial score (nSPS) is 11.6. The Balaban J connectivity index is 3.05. The third-order valence-electron chi connectivity index (χ3n) is 2.08. The maximum absolute atomic E-state index is 11.9. The highest BCUT2D eigenvalue weighted by Gasteiger charge is 2.16. The molecule has 0 heterocycles. The predicted molar refractivity (Wildman–Crippen MR) is 58.2 cm³/mol. The van der Waals surface area contributed by atoms with Crippen molar-refractivity contribution < 1.29 is 12.8 Å². The summed E-state index contributed by atoms with van der Waals surface area (Å²) in [6.45, 7) is 1.06. The first-order chi connectivity index (χ1) is 6.97. The van der Waals surface area contributed by atoms with E-state index in [2.05, 4.69) is 0 Å². The molecule has 0 atom stereocenters. The number of anilines is 1. The van der Waals surface area contributed by atoms with Crippen molar-refractivity contribution in [1.82, 2.24) is 0 Å². The second kappa shape index (κ2) is 4.61. The summed E-state index contributed by atoms with van der Waals surface area (Å²) < 4.78 is 35.4. The molecule has 0 aromatic heterocycles. The topological polar surface area (TPSA) is 60.2 Å². The molecule has 5 heteroatoms. The molecule has 0 saturated heterocycles. The average molecular weight is 231 g/mol. The summed E-state index contributed by atoms with van der Waals surface area (Å²) in [5.41, 5.74) is 6.65. The monoisotopic (exact) mass is 231 g/mol. The van der Waals surface area contributed by atoms with Crippen molar-refractivity contribution in [2.45, 2.75) is 18.2 Å². The Morgan fingerprint density at radius 3 is 2.60 bits per heavy atom. The van der Waals surface area contributed by atoms with Crippen molar-refractivity contribution >= 4 is 15.5 Å². The minimum Gasteiger partial charge on any atom is -0.399 e. The minimum absolute atomic E-state index is 0.0339. The van der Waals surface area contributed by atoms with Gasteiger partial charge < -0.3 is 5.73 Å². The fourth-order valence-electron chi connectivity index (χ4n) is 1.38. The summed E-state index contributed by atoms with van der Waals surface area (Å²) >= 11 is 0. The molecule has 0 aliphatic carbocycles. The molecule has 1 aromatic carbocycles. The van der Waals surface area contributed by atoms with Gasteiger partial charge in [0.05, 0.1) is 17.3 Å². The molecule has 0 amide bonds. The minimum atomic E-state index is -3.37. The zero-order chi connectivity index (χ0) is 11.5. The van der Waals surface area contributed by atoms with Gasteiger partial charge in [-0.3, -0.25) is 4.39 Å². The Morgan fingerprint density at radius 2 is 2.07 bits per heavy atom. The Morgan fingerprint density at radius 1 is 1.40 bits per heavy atom. The second-order valence-corrected chi connectivity index (χ2v) is 5.46.